The van der Waals surface area contributed by atoms with Gasteiger partial charge in [0, 0.05) is 34.8 Å². The molecule has 3 nitrogen and oxygen atoms in total. The van der Waals surface area contributed by atoms with Crippen molar-refractivity contribution in [2.45, 2.75) is 19.9 Å². The van der Waals surface area contributed by atoms with Crippen LogP contribution < -0.4 is 5.32 Å². The van der Waals surface area contributed by atoms with Crippen LogP contribution in [0.5, 0.6) is 0 Å². The molecule has 0 fully saturated rings. The van der Waals surface area contributed by atoms with E-state index in [1.54, 1.807) is 0 Å². The first-order chi connectivity index (χ1) is 11.1. The van der Waals surface area contributed by atoms with Gasteiger partial charge in [-0.3, -0.25) is 4.79 Å². The number of aromatic nitrogens is 1. The molecule has 0 bridgehead atoms. The van der Waals surface area contributed by atoms with Gasteiger partial charge < -0.3 is 9.88 Å². The van der Waals surface area contributed by atoms with E-state index in [1.807, 2.05) is 31.2 Å². The molecule has 0 radical (unpaired) electrons. The topological polar surface area (TPSA) is 34.0 Å². The van der Waals surface area contributed by atoms with Gasteiger partial charge in [-0.15, -0.1) is 0 Å². The Morgan fingerprint density at radius 1 is 1.17 bits per heavy atom. The van der Waals surface area contributed by atoms with E-state index in [-0.39, 0.29) is 5.91 Å². The lowest BCUT2D eigenvalue weighted by Crippen LogP contribution is -2.25. The molecule has 0 aliphatic heterocycles. The Balaban J connectivity index is 1.54. The van der Waals surface area contributed by atoms with Crippen LogP contribution in [0.1, 0.15) is 22.3 Å². The largest absolute Gasteiger partial charge is 0.352 e. The molecule has 0 atom stereocenters. The van der Waals surface area contributed by atoms with Gasteiger partial charge in [0.2, 0.25) is 0 Å². The lowest BCUT2D eigenvalue weighted by Gasteiger charge is -2.09. The smallest absolute Gasteiger partial charge is 0.251 e. The van der Waals surface area contributed by atoms with E-state index in [0.29, 0.717) is 6.54 Å². The van der Waals surface area contributed by atoms with Crippen molar-refractivity contribution in [2.75, 3.05) is 6.54 Å². The predicted octanol–water partition coefficient (Wildman–Crippen LogP) is 4.53. The molecular weight excluding hydrogens is 352 g/mol. The van der Waals surface area contributed by atoms with Crippen LogP contribution in [0.25, 0.3) is 10.9 Å². The Bertz CT molecular complexity index is 838. The quantitative estimate of drug-likeness (QED) is 0.657. The Morgan fingerprint density at radius 3 is 2.83 bits per heavy atom. The molecule has 23 heavy (non-hydrogen) atoms. The first-order valence-corrected chi connectivity index (χ1v) is 8.53. The average Bonchev–Trinajstić information content (AvgIpc) is 2.94. The minimum atomic E-state index is -0.00707. The molecule has 1 aromatic heterocycles. The molecule has 1 N–H and O–H groups in total. The van der Waals surface area contributed by atoms with Crippen LogP contribution in [0.2, 0.25) is 0 Å². The second-order valence-electron chi connectivity index (χ2n) is 5.64. The number of carbonyl (C=O) groups is 1. The third kappa shape index (κ3) is 3.64. The Kier molecular flexibility index (Phi) is 4.82. The van der Waals surface area contributed by atoms with Crippen LogP contribution in [0.4, 0.5) is 0 Å². The molecular formula is C19H19BrN2O. The Hall–Kier alpha value is -2.07. The molecule has 0 aliphatic carbocycles. The highest BCUT2D eigenvalue weighted by Gasteiger charge is 2.08. The number of aryl methyl sites for hydroxylation is 2. The van der Waals surface area contributed by atoms with E-state index in [1.165, 1.54) is 10.9 Å². The molecule has 3 aromatic rings. The predicted molar refractivity (Wildman–Crippen MR) is 97.8 cm³/mol. The van der Waals surface area contributed by atoms with Crippen molar-refractivity contribution in [3.05, 3.63) is 70.3 Å². The summed E-state index contributed by atoms with van der Waals surface area (Å²) in [6.45, 7) is 3.51. The highest BCUT2D eigenvalue weighted by Crippen LogP contribution is 2.16. The Labute approximate surface area is 144 Å². The van der Waals surface area contributed by atoms with Crippen LogP contribution in [0.15, 0.2) is 59.2 Å². The third-order valence-corrected chi connectivity index (χ3v) is 4.47. The van der Waals surface area contributed by atoms with E-state index < -0.39 is 0 Å². The molecule has 0 saturated carbocycles. The summed E-state index contributed by atoms with van der Waals surface area (Å²) in [4.78, 5) is 12.2. The fourth-order valence-corrected chi connectivity index (χ4v) is 3.24. The van der Waals surface area contributed by atoms with Gasteiger partial charge in [-0.2, -0.15) is 0 Å². The molecule has 1 amide bonds. The summed E-state index contributed by atoms with van der Waals surface area (Å²) >= 11 is 3.42. The molecule has 4 heteroatoms. The number of hydrogen-bond donors (Lipinski definition) is 1. The van der Waals surface area contributed by atoms with E-state index in [9.17, 15) is 4.79 Å². The number of carbonyl (C=O) groups excluding carboxylic acids is 1. The van der Waals surface area contributed by atoms with Crippen molar-refractivity contribution in [1.29, 1.82) is 0 Å². The molecule has 0 aliphatic rings. The first kappa shape index (κ1) is 15.8. The number of para-hydroxylation sites is 1. The maximum Gasteiger partial charge on any atom is 0.251 e. The van der Waals surface area contributed by atoms with Gasteiger partial charge >= 0.3 is 0 Å². The zero-order valence-corrected chi connectivity index (χ0v) is 14.6. The SMILES string of the molecule is Cc1cc(Br)ccc1C(=O)NCCCn1ccc2ccccc21. The lowest BCUT2D eigenvalue weighted by molar-refractivity contribution is 0.0952. The lowest BCUT2D eigenvalue weighted by atomic mass is 10.1. The van der Waals surface area contributed by atoms with Crippen molar-refractivity contribution >= 4 is 32.7 Å². The number of nitrogens with one attached hydrogen (secondary N) is 1. The van der Waals surface area contributed by atoms with Crippen LogP contribution >= 0.6 is 15.9 Å². The van der Waals surface area contributed by atoms with Gasteiger partial charge in [0.15, 0.2) is 0 Å². The van der Waals surface area contributed by atoms with Crippen molar-refractivity contribution in [1.82, 2.24) is 9.88 Å². The van der Waals surface area contributed by atoms with Crippen LogP contribution in [0.3, 0.4) is 0 Å². The summed E-state index contributed by atoms with van der Waals surface area (Å²) in [7, 11) is 0. The highest BCUT2D eigenvalue weighted by atomic mass is 79.9. The molecule has 0 saturated heterocycles. The van der Waals surface area contributed by atoms with Crippen molar-refractivity contribution in [3.63, 3.8) is 0 Å². The fraction of sp³-hybridized carbons (Fsp3) is 0.211. The number of amides is 1. The number of hydrogen-bond acceptors (Lipinski definition) is 1. The number of benzene rings is 2. The van der Waals surface area contributed by atoms with Gasteiger partial charge in [0.05, 0.1) is 0 Å². The molecule has 2 aromatic carbocycles. The zero-order chi connectivity index (χ0) is 16.2. The van der Waals surface area contributed by atoms with Gasteiger partial charge in [-0.1, -0.05) is 34.1 Å². The summed E-state index contributed by atoms with van der Waals surface area (Å²) in [5.41, 5.74) is 2.95. The van der Waals surface area contributed by atoms with Gasteiger partial charge in [0.1, 0.15) is 0 Å². The zero-order valence-electron chi connectivity index (χ0n) is 13.1. The van der Waals surface area contributed by atoms with Crippen LogP contribution in [-0.2, 0) is 6.54 Å². The monoisotopic (exact) mass is 370 g/mol. The molecule has 1 heterocycles. The summed E-state index contributed by atoms with van der Waals surface area (Å²) in [6, 6.07) is 16.2. The van der Waals surface area contributed by atoms with Crippen molar-refractivity contribution in [2.24, 2.45) is 0 Å². The van der Waals surface area contributed by atoms with Crippen molar-refractivity contribution < 1.29 is 4.79 Å². The third-order valence-electron chi connectivity index (χ3n) is 3.97. The summed E-state index contributed by atoms with van der Waals surface area (Å²) < 4.78 is 3.22. The second-order valence-corrected chi connectivity index (χ2v) is 6.55. The van der Waals surface area contributed by atoms with E-state index in [4.69, 9.17) is 0 Å². The first-order valence-electron chi connectivity index (χ1n) is 7.73. The summed E-state index contributed by atoms with van der Waals surface area (Å²) in [5, 5.41) is 4.25. The Morgan fingerprint density at radius 2 is 2.00 bits per heavy atom. The summed E-state index contributed by atoms with van der Waals surface area (Å²) in [5.74, 6) is -0.00707. The van der Waals surface area contributed by atoms with Crippen molar-refractivity contribution in [3.8, 4) is 0 Å². The molecule has 0 spiro atoms. The number of nitrogens with zero attached hydrogens (tertiary/aromatic N) is 1. The molecule has 3 rings (SSSR count). The highest BCUT2D eigenvalue weighted by molar-refractivity contribution is 9.10. The fourth-order valence-electron chi connectivity index (χ4n) is 2.76. The van der Waals surface area contributed by atoms with E-state index >= 15 is 0 Å². The molecule has 118 valence electrons. The van der Waals surface area contributed by atoms with Gasteiger partial charge in [0.25, 0.3) is 5.91 Å². The molecule has 0 unspecified atom stereocenters. The number of fused-ring (bicyclic) bond motifs is 1. The second kappa shape index (κ2) is 7.01. The van der Waals surface area contributed by atoms with Crippen LogP contribution in [-0.4, -0.2) is 17.0 Å². The maximum absolute atomic E-state index is 12.2. The maximum atomic E-state index is 12.2. The van der Waals surface area contributed by atoms with E-state index in [0.717, 1.165) is 28.6 Å². The number of halogens is 1. The summed E-state index contributed by atoms with van der Waals surface area (Å²) in [6.07, 6.45) is 3.01. The van der Waals surface area contributed by atoms with Gasteiger partial charge in [-0.25, -0.2) is 0 Å². The van der Waals surface area contributed by atoms with Gasteiger partial charge in [-0.05, 0) is 54.6 Å². The minimum Gasteiger partial charge on any atom is -0.352 e. The minimum absolute atomic E-state index is 0.00707. The normalized spacial score (nSPS) is 10.9. The van der Waals surface area contributed by atoms with Crippen LogP contribution in [0, 0.1) is 6.92 Å². The van der Waals surface area contributed by atoms with E-state index in [2.05, 4.69) is 56.3 Å². The standard InChI is InChI=1S/C19H19BrN2O/c1-14-13-16(20)7-8-17(14)19(23)21-10-4-11-22-12-9-15-5-2-3-6-18(15)22/h2-3,5-9,12-13H,4,10-11H2,1H3,(H,21,23). The average molecular weight is 371 g/mol. The number of rotatable bonds is 5.